The monoisotopic (exact) mass is 257 g/mol. The summed E-state index contributed by atoms with van der Waals surface area (Å²) in [5.74, 6) is -3.30. The van der Waals surface area contributed by atoms with Gasteiger partial charge in [-0.3, -0.25) is 9.59 Å². The van der Waals surface area contributed by atoms with E-state index in [4.69, 9.17) is 5.11 Å². The van der Waals surface area contributed by atoms with Gasteiger partial charge in [-0.2, -0.15) is 0 Å². The van der Waals surface area contributed by atoms with Crippen molar-refractivity contribution in [2.24, 2.45) is 17.3 Å². The number of hydrogen-bond donors (Lipinski definition) is 2. The van der Waals surface area contributed by atoms with Crippen LogP contribution in [-0.2, 0) is 19.1 Å². The van der Waals surface area contributed by atoms with Crippen molar-refractivity contribution < 1.29 is 24.2 Å². The predicted molar refractivity (Wildman–Crippen MR) is 62.6 cm³/mol. The minimum atomic E-state index is -1.16. The quantitative estimate of drug-likeness (QED) is 0.712. The lowest BCUT2D eigenvalue weighted by molar-refractivity contribution is -0.149. The first-order valence-corrected chi connectivity index (χ1v) is 5.69. The number of carbonyl (C=O) groups excluding carboxylic acids is 2. The first kappa shape index (κ1) is 14.5. The zero-order chi connectivity index (χ0) is 14.3. The van der Waals surface area contributed by atoms with Crippen LogP contribution in [0.15, 0.2) is 0 Å². The van der Waals surface area contributed by atoms with E-state index in [-0.39, 0.29) is 0 Å². The molecule has 1 saturated carbocycles. The number of amides is 1. The third kappa shape index (κ3) is 2.32. The van der Waals surface area contributed by atoms with Gasteiger partial charge in [-0.15, -0.1) is 0 Å². The van der Waals surface area contributed by atoms with E-state index < -0.39 is 40.6 Å². The third-order valence-corrected chi connectivity index (χ3v) is 3.51. The van der Waals surface area contributed by atoms with E-state index >= 15 is 0 Å². The standard InChI is InChI=1S/C12H19NO5/c1-11(2)6(7(11)9(15)16)8(14)13-12(3,4)10(17)18-5/h6-7H,1-5H3,(H,13,14)(H,15,16)/t6-,7+/m1/s1. The van der Waals surface area contributed by atoms with Crippen molar-refractivity contribution in [2.75, 3.05) is 7.11 Å². The molecular weight excluding hydrogens is 238 g/mol. The maximum Gasteiger partial charge on any atom is 0.330 e. The van der Waals surface area contributed by atoms with Crippen LogP contribution < -0.4 is 5.32 Å². The van der Waals surface area contributed by atoms with Crippen LogP contribution in [-0.4, -0.2) is 35.6 Å². The molecule has 1 amide bonds. The molecule has 1 fully saturated rings. The number of esters is 1. The van der Waals surface area contributed by atoms with E-state index in [1.807, 2.05) is 0 Å². The van der Waals surface area contributed by atoms with Crippen LogP contribution in [0.2, 0.25) is 0 Å². The second-order valence-corrected chi connectivity index (χ2v) is 5.72. The number of nitrogens with one attached hydrogen (secondary N) is 1. The van der Waals surface area contributed by atoms with E-state index in [9.17, 15) is 14.4 Å². The van der Waals surface area contributed by atoms with Gasteiger partial charge in [0.15, 0.2) is 0 Å². The summed E-state index contributed by atoms with van der Waals surface area (Å²) in [4.78, 5) is 34.4. The molecule has 0 aromatic rings. The Kier molecular flexibility index (Phi) is 3.42. The molecule has 2 atom stereocenters. The van der Waals surface area contributed by atoms with Gasteiger partial charge >= 0.3 is 11.9 Å². The molecule has 0 spiro atoms. The molecule has 0 aromatic heterocycles. The Morgan fingerprint density at radius 1 is 1.22 bits per heavy atom. The smallest absolute Gasteiger partial charge is 0.330 e. The molecule has 18 heavy (non-hydrogen) atoms. The number of carboxylic acid groups (broad SMARTS) is 1. The van der Waals surface area contributed by atoms with Crippen LogP contribution in [0.3, 0.4) is 0 Å². The van der Waals surface area contributed by atoms with Crippen molar-refractivity contribution in [3.05, 3.63) is 0 Å². The predicted octanol–water partition coefficient (Wildman–Crippen LogP) is 0.411. The molecule has 102 valence electrons. The van der Waals surface area contributed by atoms with E-state index in [1.54, 1.807) is 13.8 Å². The number of carboxylic acids is 1. The Morgan fingerprint density at radius 3 is 2.06 bits per heavy atom. The number of ether oxygens (including phenoxy) is 1. The Labute approximate surface area is 106 Å². The number of carbonyl (C=O) groups is 3. The zero-order valence-corrected chi connectivity index (χ0v) is 11.2. The van der Waals surface area contributed by atoms with Crippen molar-refractivity contribution in [1.29, 1.82) is 0 Å². The first-order chi connectivity index (χ1) is 8.05. The Bertz CT molecular complexity index is 399. The molecule has 0 unspecified atom stereocenters. The molecule has 1 rings (SSSR count). The van der Waals surface area contributed by atoms with Gasteiger partial charge in [-0.05, 0) is 19.3 Å². The van der Waals surface area contributed by atoms with Gasteiger partial charge < -0.3 is 15.2 Å². The second kappa shape index (κ2) is 4.26. The molecule has 0 aromatic carbocycles. The van der Waals surface area contributed by atoms with Crippen molar-refractivity contribution in [3.8, 4) is 0 Å². The van der Waals surface area contributed by atoms with Crippen LogP contribution >= 0.6 is 0 Å². The Balaban J connectivity index is 2.75. The van der Waals surface area contributed by atoms with E-state index in [0.717, 1.165) is 0 Å². The number of hydrogen-bond acceptors (Lipinski definition) is 4. The Morgan fingerprint density at radius 2 is 1.72 bits per heavy atom. The fraction of sp³-hybridized carbons (Fsp3) is 0.750. The SMILES string of the molecule is COC(=O)C(C)(C)NC(=O)[C@H]1[C@@H](C(=O)O)C1(C)C. The average Bonchev–Trinajstić information content (AvgIpc) is 2.79. The maximum absolute atomic E-state index is 12.0. The zero-order valence-electron chi connectivity index (χ0n) is 11.2. The normalized spacial score (nSPS) is 25.2. The molecule has 2 N–H and O–H groups in total. The lowest BCUT2D eigenvalue weighted by Crippen LogP contribution is -2.51. The molecular formula is C12H19NO5. The topological polar surface area (TPSA) is 92.7 Å². The van der Waals surface area contributed by atoms with E-state index in [2.05, 4.69) is 10.1 Å². The van der Waals surface area contributed by atoms with Crippen LogP contribution in [0.1, 0.15) is 27.7 Å². The molecule has 0 radical (unpaired) electrons. The lowest BCUT2D eigenvalue weighted by atomic mass is 10.0. The summed E-state index contributed by atoms with van der Waals surface area (Å²) in [6.45, 7) is 6.48. The highest BCUT2D eigenvalue weighted by Crippen LogP contribution is 2.58. The van der Waals surface area contributed by atoms with Gasteiger partial charge in [0.05, 0.1) is 18.9 Å². The van der Waals surface area contributed by atoms with E-state index in [1.165, 1.54) is 21.0 Å². The lowest BCUT2D eigenvalue weighted by Gasteiger charge is -2.23. The summed E-state index contributed by atoms with van der Waals surface area (Å²) in [5, 5.41) is 11.5. The van der Waals surface area contributed by atoms with Crippen LogP contribution in [0.5, 0.6) is 0 Å². The van der Waals surface area contributed by atoms with E-state index in [0.29, 0.717) is 0 Å². The highest BCUT2D eigenvalue weighted by atomic mass is 16.5. The Hall–Kier alpha value is -1.59. The molecule has 0 aliphatic heterocycles. The minimum Gasteiger partial charge on any atom is -0.481 e. The van der Waals surface area contributed by atoms with Crippen LogP contribution in [0.25, 0.3) is 0 Å². The molecule has 6 nitrogen and oxygen atoms in total. The largest absolute Gasteiger partial charge is 0.481 e. The highest BCUT2D eigenvalue weighted by Gasteiger charge is 2.66. The number of rotatable bonds is 4. The van der Waals surface area contributed by atoms with Crippen molar-refractivity contribution in [2.45, 2.75) is 33.2 Å². The molecule has 0 bridgehead atoms. The van der Waals surface area contributed by atoms with Crippen LogP contribution in [0, 0.1) is 17.3 Å². The summed E-state index contributed by atoms with van der Waals surface area (Å²) in [6.07, 6.45) is 0. The first-order valence-electron chi connectivity index (χ1n) is 5.69. The minimum absolute atomic E-state index is 0.428. The summed E-state index contributed by atoms with van der Waals surface area (Å²) < 4.78 is 4.57. The molecule has 0 saturated heterocycles. The van der Waals surface area contributed by atoms with Crippen molar-refractivity contribution in [1.82, 2.24) is 5.32 Å². The molecule has 0 heterocycles. The maximum atomic E-state index is 12.0. The molecule has 1 aliphatic rings. The number of aliphatic carboxylic acids is 1. The molecule has 6 heteroatoms. The summed E-state index contributed by atoms with van der Waals surface area (Å²) in [5.41, 5.74) is -1.74. The van der Waals surface area contributed by atoms with Crippen molar-refractivity contribution >= 4 is 17.8 Å². The van der Waals surface area contributed by atoms with Gasteiger partial charge in [0.1, 0.15) is 5.54 Å². The van der Waals surface area contributed by atoms with Gasteiger partial charge in [-0.25, -0.2) is 4.79 Å². The summed E-state index contributed by atoms with van der Waals surface area (Å²) in [6, 6.07) is 0. The summed E-state index contributed by atoms with van der Waals surface area (Å²) in [7, 11) is 1.23. The van der Waals surface area contributed by atoms with Gasteiger partial charge in [0.25, 0.3) is 0 Å². The number of methoxy groups -OCH3 is 1. The van der Waals surface area contributed by atoms with Gasteiger partial charge in [0, 0.05) is 0 Å². The second-order valence-electron chi connectivity index (χ2n) is 5.72. The van der Waals surface area contributed by atoms with Crippen LogP contribution in [0.4, 0.5) is 0 Å². The summed E-state index contributed by atoms with van der Waals surface area (Å²) >= 11 is 0. The van der Waals surface area contributed by atoms with Gasteiger partial charge in [0.2, 0.25) is 5.91 Å². The fourth-order valence-electron chi connectivity index (χ4n) is 2.28. The fourth-order valence-corrected chi connectivity index (χ4v) is 2.28. The third-order valence-electron chi connectivity index (χ3n) is 3.51. The highest BCUT2D eigenvalue weighted by molar-refractivity contribution is 5.94. The average molecular weight is 257 g/mol. The molecule has 1 aliphatic carbocycles. The van der Waals surface area contributed by atoms with Gasteiger partial charge in [-0.1, -0.05) is 13.8 Å². The van der Waals surface area contributed by atoms with Crippen molar-refractivity contribution in [3.63, 3.8) is 0 Å².